The molecule has 0 unspecified atom stereocenters. The summed E-state index contributed by atoms with van der Waals surface area (Å²) in [6.45, 7) is 2.90. The van der Waals surface area contributed by atoms with Crippen molar-refractivity contribution >= 4 is 6.09 Å². The van der Waals surface area contributed by atoms with Crippen LogP contribution in [0, 0.1) is 0 Å². The summed E-state index contributed by atoms with van der Waals surface area (Å²) in [6.07, 6.45) is 34.0. The smallest absolute Gasteiger partial charge is 0.404 e. The molecular formula is C28H57NO2. The van der Waals surface area contributed by atoms with E-state index in [0.717, 1.165) is 12.8 Å². The fourth-order valence-corrected chi connectivity index (χ4v) is 4.46. The Bertz CT molecular complexity index is 346. The molecule has 0 aliphatic rings. The summed E-state index contributed by atoms with van der Waals surface area (Å²) in [5.74, 6) is 0. The van der Waals surface area contributed by atoms with E-state index in [2.05, 4.69) is 12.2 Å². The second-order valence-electron chi connectivity index (χ2n) is 9.72. The van der Waals surface area contributed by atoms with Crippen molar-refractivity contribution in [1.29, 1.82) is 0 Å². The Morgan fingerprint density at radius 2 is 0.677 bits per heavy atom. The van der Waals surface area contributed by atoms with Gasteiger partial charge in [0, 0.05) is 6.54 Å². The van der Waals surface area contributed by atoms with E-state index in [9.17, 15) is 4.79 Å². The molecule has 186 valence electrons. The predicted molar refractivity (Wildman–Crippen MR) is 137 cm³/mol. The van der Waals surface area contributed by atoms with Crippen molar-refractivity contribution in [1.82, 2.24) is 5.32 Å². The summed E-state index contributed by atoms with van der Waals surface area (Å²) in [4.78, 5) is 10.3. The van der Waals surface area contributed by atoms with Gasteiger partial charge >= 0.3 is 6.09 Å². The molecule has 0 atom stereocenters. The molecule has 0 aromatic carbocycles. The molecular weight excluding hydrogens is 382 g/mol. The van der Waals surface area contributed by atoms with Gasteiger partial charge in [0.2, 0.25) is 0 Å². The first kappa shape index (κ1) is 30.3. The fraction of sp³-hybridized carbons (Fsp3) is 0.964. The van der Waals surface area contributed by atoms with Gasteiger partial charge in [-0.3, -0.25) is 0 Å². The number of nitrogens with one attached hydrogen (secondary N) is 1. The lowest BCUT2D eigenvalue weighted by atomic mass is 10.0. The average Bonchev–Trinajstić information content (AvgIpc) is 2.76. The highest BCUT2D eigenvalue weighted by molar-refractivity contribution is 5.64. The molecule has 0 heterocycles. The Balaban J connectivity index is 3.00. The number of rotatable bonds is 26. The molecule has 2 N–H and O–H groups in total. The van der Waals surface area contributed by atoms with Crippen molar-refractivity contribution < 1.29 is 9.90 Å². The lowest BCUT2D eigenvalue weighted by Crippen LogP contribution is -2.21. The molecule has 0 aliphatic heterocycles. The molecule has 0 saturated heterocycles. The van der Waals surface area contributed by atoms with Crippen LogP contribution in [0.2, 0.25) is 0 Å². The first-order valence-corrected chi connectivity index (χ1v) is 14.2. The molecule has 31 heavy (non-hydrogen) atoms. The maximum absolute atomic E-state index is 10.3. The molecule has 0 aromatic heterocycles. The van der Waals surface area contributed by atoms with E-state index in [-0.39, 0.29) is 0 Å². The topological polar surface area (TPSA) is 49.3 Å². The van der Waals surface area contributed by atoms with Crippen LogP contribution in [0.5, 0.6) is 0 Å². The monoisotopic (exact) mass is 439 g/mol. The van der Waals surface area contributed by atoms with Crippen LogP contribution in [-0.4, -0.2) is 17.7 Å². The SMILES string of the molecule is CCCCCCCCCCCCCCCCCCCCCCCCCCCNC(=O)O. The molecule has 0 spiro atoms. The van der Waals surface area contributed by atoms with Crippen molar-refractivity contribution in [2.45, 2.75) is 167 Å². The second kappa shape index (κ2) is 27.3. The minimum absolute atomic E-state index is 0.606. The number of hydrogen-bond donors (Lipinski definition) is 2. The van der Waals surface area contributed by atoms with Gasteiger partial charge in [0.25, 0.3) is 0 Å². The summed E-state index contributed by atoms with van der Waals surface area (Å²) in [6, 6.07) is 0. The van der Waals surface area contributed by atoms with Gasteiger partial charge in [-0.15, -0.1) is 0 Å². The second-order valence-corrected chi connectivity index (χ2v) is 9.72. The predicted octanol–water partition coefficient (Wildman–Crippen LogP) is 10.0. The highest BCUT2D eigenvalue weighted by atomic mass is 16.4. The van der Waals surface area contributed by atoms with Crippen molar-refractivity contribution in [3.8, 4) is 0 Å². The Morgan fingerprint density at radius 1 is 0.452 bits per heavy atom. The standard InChI is InChI=1S/C28H57NO2/c1-2-3-4-5-6-7-8-9-10-11-12-13-14-15-16-17-18-19-20-21-22-23-24-25-26-27-29-28(30)31/h29H,2-27H2,1H3,(H,30,31). The van der Waals surface area contributed by atoms with E-state index in [0.29, 0.717) is 6.54 Å². The molecule has 1 amide bonds. The van der Waals surface area contributed by atoms with Crippen molar-refractivity contribution in [2.75, 3.05) is 6.54 Å². The fourth-order valence-electron chi connectivity index (χ4n) is 4.46. The third kappa shape index (κ3) is 29.3. The largest absolute Gasteiger partial charge is 0.465 e. The third-order valence-corrected chi connectivity index (χ3v) is 6.56. The number of amides is 1. The molecule has 0 aromatic rings. The van der Waals surface area contributed by atoms with Crippen LogP contribution in [0.4, 0.5) is 4.79 Å². The van der Waals surface area contributed by atoms with Crippen molar-refractivity contribution in [2.24, 2.45) is 0 Å². The quantitative estimate of drug-likeness (QED) is 0.132. The highest BCUT2D eigenvalue weighted by Crippen LogP contribution is 2.15. The van der Waals surface area contributed by atoms with Crippen molar-refractivity contribution in [3.63, 3.8) is 0 Å². The van der Waals surface area contributed by atoms with E-state index in [1.165, 1.54) is 148 Å². The maximum Gasteiger partial charge on any atom is 0.404 e. The Kier molecular flexibility index (Phi) is 26.7. The summed E-state index contributed by atoms with van der Waals surface area (Å²) in [5, 5.41) is 10.9. The molecule has 0 saturated carbocycles. The van der Waals surface area contributed by atoms with E-state index in [1.54, 1.807) is 0 Å². The van der Waals surface area contributed by atoms with E-state index in [4.69, 9.17) is 5.11 Å². The molecule has 0 radical (unpaired) electrons. The van der Waals surface area contributed by atoms with Gasteiger partial charge in [-0.05, 0) is 6.42 Å². The molecule has 0 bridgehead atoms. The molecule has 0 rings (SSSR count). The van der Waals surface area contributed by atoms with E-state index >= 15 is 0 Å². The number of carboxylic acid groups (broad SMARTS) is 1. The first-order valence-electron chi connectivity index (χ1n) is 14.2. The third-order valence-electron chi connectivity index (χ3n) is 6.56. The molecule has 3 nitrogen and oxygen atoms in total. The summed E-state index contributed by atoms with van der Waals surface area (Å²) >= 11 is 0. The van der Waals surface area contributed by atoms with Gasteiger partial charge in [-0.2, -0.15) is 0 Å². The minimum atomic E-state index is -0.899. The zero-order valence-corrected chi connectivity index (χ0v) is 21.2. The Morgan fingerprint density at radius 3 is 0.903 bits per heavy atom. The molecule has 3 heteroatoms. The van der Waals surface area contributed by atoms with E-state index in [1.807, 2.05) is 0 Å². The van der Waals surface area contributed by atoms with Crippen LogP contribution in [0.25, 0.3) is 0 Å². The average molecular weight is 440 g/mol. The van der Waals surface area contributed by atoms with Gasteiger partial charge in [-0.1, -0.05) is 161 Å². The van der Waals surface area contributed by atoms with Crippen molar-refractivity contribution in [3.05, 3.63) is 0 Å². The maximum atomic E-state index is 10.3. The van der Waals surface area contributed by atoms with Crippen LogP contribution < -0.4 is 5.32 Å². The molecule has 0 fully saturated rings. The van der Waals surface area contributed by atoms with Gasteiger partial charge in [0.15, 0.2) is 0 Å². The highest BCUT2D eigenvalue weighted by Gasteiger charge is 1.97. The first-order chi connectivity index (χ1) is 15.3. The Labute approximate surface area is 195 Å². The van der Waals surface area contributed by atoms with Gasteiger partial charge in [0.05, 0.1) is 0 Å². The zero-order valence-electron chi connectivity index (χ0n) is 21.2. The summed E-state index contributed by atoms with van der Waals surface area (Å²) in [5.41, 5.74) is 0. The summed E-state index contributed by atoms with van der Waals surface area (Å²) < 4.78 is 0. The van der Waals surface area contributed by atoms with Gasteiger partial charge in [0.1, 0.15) is 0 Å². The van der Waals surface area contributed by atoms with Crippen LogP contribution in [0.1, 0.15) is 167 Å². The normalized spacial score (nSPS) is 11.1. The lowest BCUT2D eigenvalue weighted by molar-refractivity contribution is 0.194. The van der Waals surface area contributed by atoms with Gasteiger partial charge in [-0.25, -0.2) is 4.79 Å². The summed E-state index contributed by atoms with van der Waals surface area (Å²) in [7, 11) is 0. The van der Waals surface area contributed by atoms with Crippen LogP contribution in [0.3, 0.4) is 0 Å². The lowest BCUT2D eigenvalue weighted by Gasteiger charge is -2.04. The number of unbranched alkanes of at least 4 members (excludes halogenated alkanes) is 24. The van der Waals surface area contributed by atoms with Crippen LogP contribution in [-0.2, 0) is 0 Å². The number of hydrogen-bond acceptors (Lipinski definition) is 1. The van der Waals surface area contributed by atoms with Crippen LogP contribution >= 0.6 is 0 Å². The minimum Gasteiger partial charge on any atom is -0.465 e. The van der Waals surface area contributed by atoms with E-state index < -0.39 is 6.09 Å². The molecule has 0 aliphatic carbocycles. The zero-order chi connectivity index (χ0) is 22.7. The Hall–Kier alpha value is -0.730. The number of carbonyl (C=O) groups is 1. The van der Waals surface area contributed by atoms with Crippen LogP contribution in [0.15, 0.2) is 0 Å². The van der Waals surface area contributed by atoms with Gasteiger partial charge < -0.3 is 10.4 Å².